The Labute approximate surface area is 130 Å². The van der Waals surface area contributed by atoms with Gasteiger partial charge in [0.05, 0.1) is 12.8 Å². The van der Waals surface area contributed by atoms with E-state index in [1.54, 1.807) is 12.3 Å². The van der Waals surface area contributed by atoms with Crippen LogP contribution in [0, 0.1) is 11.6 Å². The molecule has 0 amide bonds. The summed E-state index contributed by atoms with van der Waals surface area (Å²) in [6.45, 7) is 0.402. The summed E-state index contributed by atoms with van der Waals surface area (Å²) in [6.07, 6.45) is 2.87. The number of nitrogens with one attached hydrogen (secondary N) is 2. The van der Waals surface area contributed by atoms with E-state index in [0.717, 1.165) is 17.9 Å². The number of nitrogen functional groups attached to an aromatic ring is 1. The second kappa shape index (κ2) is 6.30. The molecule has 0 aliphatic rings. The highest BCUT2D eigenvalue weighted by Gasteiger charge is 2.10. The van der Waals surface area contributed by atoms with Crippen LogP contribution in [0.1, 0.15) is 5.76 Å². The van der Waals surface area contributed by atoms with E-state index in [2.05, 4.69) is 20.6 Å². The van der Waals surface area contributed by atoms with E-state index in [0.29, 0.717) is 18.1 Å². The molecule has 3 rings (SSSR count). The van der Waals surface area contributed by atoms with Crippen molar-refractivity contribution in [1.82, 2.24) is 9.97 Å². The van der Waals surface area contributed by atoms with Gasteiger partial charge in [0.2, 0.25) is 0 Å². The molecule has 6 nitrogen and oxygen atoms in total. The number of nitrogens with zero attached hydrogens (tertiary/aromatic N) is 2. The van der Waals surface area contributed by atoms with Crippen LogP contribution in [-0.2, 0) is 6.54 Å². The first-order valence-electron chi connectivity index (χ1n) is 6.72. The highest BCUT2D eigenvalue weighted by molar-refractivity contribution is 5.77. The first-order valence-corrected chi connectivity index (χ1v) is 6.72. The molecule has 0 spiro atoms. The van der Waals surface area contributed by atoms with Gasteiger partial charge in [0.15, 0.2) is 23.3 Å². The van der Waals surface area contributed by atoms with Crippen molar-refractivity contribution in [2.75, 3.05) is 16.4 Å². The molecule has 0 radical (unpaired) electrons. The molecule has 0 aliphatic carbocycles. The van der Waals surface area contributed by atoms with E-state index >= 15 is 0 Å². The fraction of sp³-hybridized carbons (Fsp3) is 0.0667. The van der Waals surface area contributed by atoms with Crippen molar-refractivity contribution in [3.63, 3.8) is 0 Å². The SMILES string of the molecule is Nc1c(NCc2ccco2)ncnc1Nc1ccc(F)c(F)c1. The van der Waals surface area contributed by atoms with Gasteiger partial charge in [-0.2, -0.15) is 0 Å². The topological polar surface area (TPSA) is 89.0 Å². The van der Waals surface area contributed by atoms with Gasteiger partial charge in [-0.3, -0.25) is 0 Å². The van der Waals surface area contributed by atoms with Gasteiger partial charge in [-0.25, -0.2) is 18.7 Å². The molecule has 23 heavy (non-hydrogen) atoms. The summed E-state index contributed by atoms with van der Waals surface area (Å²) < 4.78 is 31.4. The highest BCUT2D eigenvalue weighted by atomic mass is 19.2. The van der Waals surface area contributed by atoms with Gasteiger partial charge in [0.1, 0.15) is 17.8 Å². The van der Waals surface area contributed by atoms with Crippen LogP contribution in [0.4, 0.5) is 31.8 Å². The van der Waals surface area contributed by atoms with Gasteiger partial charge in [0, 0.05) is 11.8 Å². The van der Waals surface area contributed by atoms with E-state index < -0.39 is 11.6 Å². The van der Waals surface area contributed by atoms with Crippen LogP contribution >= 0.6 is 0 Å². The Balaban J connectivity index is 1.77. The number of nitrogens with two attached hydrogens (primary N) is 1. The van der Waals surface area contributed by atoms with Crippen molar-refractivity contribution in [2.45, 2.75) is 6.54 Å². The van der Waals surface area contributed by atoms with Gasteiger partial charge in [-0.15, -0.1) is 0 Å². The number of halogens is 2. The molecular weight excluding hydrogens is 304 g/mol. The van der Waals surface area contributed by atoms with Crippen LogP contribution in [0.2, 0.25) is 0 Å². The van der Waals surface area contributed by atoms with E-state index in [1.807, 2.05) is 6.07 Å². The van der Waals surface area contributed by atoms with Crippen molar-refractivity contribution in [3.8, 4) is 0 Å². The number of hydrogen-bond donors (Lipinski definition) is 3. The summed E-state index contributed by atoms with van der Waals surface area (Å²) in [6, 6.07) is 7.01. The van der Waals surface area contributed by atoms with Crippen LogP contribution in [0.25, 0.3) is 0 Å². The fourth-order valence-corrected chi connectivity index (χ4v) is 1.93. The molecule has 0 unspecified atom stereocenters. The zero-order chi connectivity index (χ0) is 16.2. The largest absolute Gasteiger partial charge is 0.467 e. The van der Waals surface area contributed by atoms with E-state index in [1.165, 1.54) is 12.4 Å². The Morgan fingerprint density at radius 2 is 1.91 bits per heavy atom. The Morgan fingerprint density at radius 3 is 2.65 bits per heavy atom. The van der Waals surface area contributed by atoms with Crippen molar-refractivity contribution >= 4 is 23.0 Å². The number of hydrogen-bond acceptors (Lipinski definition) is 6. The Hall–Kier alpha value is -3.16. The third-order valence-electron chi connectivity index (χ3n) is 3.08. The summed E-state index contributed by atoms with van der Waals surface area (Å²) in [4.78, 5) is 8.05. The molecule has 4 N–H and O–H groups in total. The van der Waals surface area contributed by atoms with Gasteiger partial charge in [-0.05, 0) is 24.3 Å². The van der Waals surface area contributed by atoms with Gasteiger partial charge in [0.25, 0.3) is 0 Å². The van der Waals surface area contributed by atoms with E-state index in [-0.39, 0.29) is 11.5 Å². The maximum absolute atomic E-state index is 13.2. The summed E-state index contributed by atoms with van der Waals surface area (Å²) in [5, 5.41) is 5.85. The maximum Gasteiger partial charge on any atom is 0.160 e. The molecule has 1 aromatic carbocycles. The lowest BCUT2D eigenvalue weighted by molar-refractivity contribution is 0.509. The van der Waals surface area contributed by atoms with Crippen molar-refractivity contribution < 1.29 is 13.2 Å². The minimum atomic E-state index is -0.959. The van der Waals surface area contributed by atoms with Crippen LogP contribution in [0.15, 0.2) is 47.3 Å². The van der Waals surface area contributed by atoms with Gasteiger partial charge >= 0.3 is 0 Å². The minimum absolute atomic E-state index is 0.254. The standard InChI is InChI=1S/C15H13F2N5O/c16-11-4-3-9(6-12(11)17)22-15-13(18)14(20-8-21-15)19-7-10-2-1-5-23-10/h1-6,8H,7,18H2,(H2,19,20,21,22). The second-order valence-corrected chi connectivity index (χ2v) is 4.67. The Morgan fingerprint density at radius 1 is 1.09 bits per heavy atom. The lowest BCUT2D eigenvalue weighted by atomic mass is 10.3. The third kappa shape index (κ3) is 3.37. The minimum Gasteiger partial charge on any atom is -0.467 e. The van der Waals surface area contributed by atoms with Crippen LogP contribution in [0.3, 0.4) is 0 Å². The number of aromatic nitrogens is 2. The lowest BCUT2D eigenvalue weighted by Gasteiger charge is -2.12. The molecule has 0 atom stereocenters. The number of rotatable bonds is 5. The van der Waals surface area contributed by atoms with Crippen molar-refractivity contribution in [2.24, 2.45) is 0 Å². The van der Waals surface area contributed by atoms with Crippen molar-refractivity contribution in [1.29, 1.82) is 0 Å². The quantitative estimate of drug-likeness (QED) is 0.669. The monoisotopic (exact) mass is 317 g/mol. The number of anilines is 4. The maximum atomic E-state index is 13.2. The summed E-state index contributed by atoms with van der Waals surface area (Å²) in [5.74, 6) is -0.474. The third-order valence-corrected chi connectivity index (χ3v) is 3.08. The van der Waals surface area contributed by atoms with Gasteiger partial charge in [-0.1, -0.05) is 0 Å². The zero-order valence-corrected chi connectivity index (χ0v) is 11.9. The Kier molecular flexibility index (Phi) is 4.05. The Bertz CT molecular complexity index is 808. The predicted molar refractivity (Wildman–Crippen MR) is 82.1 cm³/mol. The van der Waals surface area contributed by atoms with Crippen molar-refractivity contribution in [3.05, 3.63) is 60.3 Å². The molecule has 0 saturated heterocycles. The van der Waals surface area contributed by atoms with Crippen LogP contribution in [0.5, 0.6) is 0 Å². The first kappa shape index (κ1) is 14.8. The molecule has 118 valence electrons. The predicted octanol–water partition coefficient (Wildman–Crippen LogP) is 3.29. The number of benzene rings is 1. The molecule has 2 heterocycles. The van der Waals surface area contributed by atoms with Crippen LogP contribution < -0.4 is 16.4 Å². The molecule has 3 aromatic rings. The summed E-state index contributed by atoms with van der Waals surface area (Å²) >= 11 is 0. The smallest absolute Gasteiger partial charge is 0.160 e. The van der Waals surface area contributed by atoms with E-state index in [9.17, 15) is 8.78 Å². The van der Waals surface area contributed by atoms with Gasteiger partial charge < -0.3 is 20.8 Å². The van der Waals surface area contributed by atoms with E-state index in [4.69, 9.17) is 10.2 Å². The molecule has 2 aromatic heterocycles. The first-order chi connectivity index (χ1) is 11.1. The molecule has 0 bridgehead atoms. The fourth-order valence-electron chi connectivity index (χ4n) is 1.93. The lowest BCUT2D eigenvalue weighted by Crippen LogP contribution is -2.08. The normalized spacial score (nSPS) is 10.5. The molecular formula is C15H13F2N5O. The number of furan rings is 1. The molecule has 0 saturated carbocycles. The molecule has 0 aliphatic heterocycles. The molecule has 0 fully saturated rings. The summed E-state index contributed by atoms with van der Waals surface area (Å²) in [5.41, 5.74) is 6.57. The summed E-state index contributed by atoms with van der Waals surface area (Å²) in [7, 11) is 0. The average Bonchev–Trinajstić information content (AvgIpc) is 3.05. The van der Waals surface area contributed by atoms with Crippen LogP contribution in [-0.4, -0.2) is 9.97 Å². The average molecular weight is 317 g/mol. The molecule has 8 heteroatoms. The highest BCUT2D eigenvalue weighted by Crippen LogP contribution is 2.26. The second-order valence-electron chi connectivity index (χ2n) is 4.67. The zero-order valence-electron chi connectivity index (χ0n) is 11.9.